The lowest BCUT2D eigenvalue weighted by molar-refractivity contribution is -0.121. The number of amides is 1. The Bertz CT molecular complexity index is 750. The molecule has 8 nitrogen and oxygen atoms in total. The van der Waals surface area contributed by atoms with E-state index in [0.717, 1.165) is 32.5 Å². The fourth-order valence-electron chi connectivity index (χ4n) is 3.05. The minimum absolute atomic E-state index is 0.0500. The second-order valence-corrected chi connectivity index (χ2v) is 8.66. The molecule has 0 aliphatic carbocycles. The lowest BCUT2D eigenvalue weighted by Gasteiger charge is -2.19. The van der Waals surface area contributed by atoms with Crippen LogP contribution in [0.2, 0.25) is 0 Å². The molecule has 2 rings (SSSR count). The highest BCUT2D eigenvalue weighted by atomic mass is 32.2. The molecule has 0 fully saturated rings. The van der Waals surface area contributed by atoms with Gasteiger partial charge in [0, 0.05) is 32.1 Å². The zero-order chi connectivity index (χ0) is 21.1. The number of unbranched alkanes of at least 4 members (excludes halogenated alkanes) is 2. The summed E-state index contributed by atoms with van der Waals surface area (Å²) in [5.41, 5.74) is 0. The van der Waals surface area contributed by atoms with Crippen molar-refractivity contribution < 1.29 is 22.7 Å². The van der Waals surface area contributed by atoms with Crippen molar-refractivity contribution in [3.05, 3.63) is 18.2 Å². The number of ether oxygens (including phenoxy) is 2. The zero-order valence-corrected chi connectivity index (χ0v) is 18.2. The van der Waals surface area contributed by atoms with Gasteiger partial charge in [0.15, 0.2) is 11.5 Å². The molecule has 0 saturated carbocycles. The molecular formula is C20H33N3O5S. The summed E-state index contributed by atoms with van der Waals surface area (Å²) in [5.74, 6) is 1.06. The number of carbonyl (C=O) groups is 1. The summed E-state index contributed by atoms with van der Waals surface area (Å²) in [7, 11) is -3.59. The molecule has 29 heavy (non-hydrogen) atoms. The largest absolute Gasteiger partial charge is 0.486 e. The van der Waals surface area contributed by atoms with Crippen LogP contribution < -0.4 is 19.5 Å². The number of fused-ring (bicyclic) bond motifs is 1. The first-order valence-electron chi connectivity index (χ1n) is 10.3. The summed E-state index contributed by atoms with van der Waals surface area (Å²) in [6.07, 6.45) is 2.67. The summed E-state index contributed by atoms with van der Waals surface area (Å²) in [5, 5.41) is 2.93. The van der Waals surface area contributed by atoms with Crippen molar-refractivity contribution in [1.29, 1.82) is 0 Å². The smallest absolute Gasteiger partial charge is 0.240 e. The van der Waals surface area contributed by atoms with Crippen molar-refractivity contribution in [2.24, 2.45) is 0 Å². The van der Waals surface area contributed by atoms with Gasteiger partial charge in [-0.05, 0) is 38.1 Å². The van der Waals surface area contributed by atoms with Crippen LogP contribution in [0.5, 0.6) is 11.5 Å². The quantitative estimate of drug-likeness (QED) is 0.466. The number of rotatable bonds is 13. The Kier molecular flexibility index (Phi) is 9.69. The number of nitrogens with one attached hydrogen (secondary N) is 2. The van der Waals surface area contributed by atoms with Crippen molar-refractivity contribution >= 4 is 15.9 Å². The first-order valence-corrected chi connectivity index (χ1v) is 11.8. The Hall–Kier alpha value is -1.84. The summed E-state index contributed by atoms with van der Waals surface area (Å²) in [6, 6.07) is 4.61. The normalized spacial score (nSPS) is 13.5. The van der Waals surface area contributed by atoms with Crippen LogP contribution in [0.1, 0.15) is 39.5 Å². The minimum Gasteiger partial charge on any atom is -0.486 e. The molecule has 1 aliphatic heterocycles. The van der Waals surface area contributed by atoms with E-state index in [1.54, 1.807) is 6.07 Å². The van der Waals surface area contributed by atoms with Crippen LogP contribution in [0, 0.1) is 0 Å². The summed E-state index contributed by atoms with van der Waals surface area (Å²) in [4.78, 5) is 14.3. The van der Waals surface area contributed by atoms with Crippen molar-refractivity contribution in [2.75, 3.05) is 45.9 Å². The average Bonchev–Trinajstić information content (AvgIpc) is 2.73. The van der Waals surface area contributed by atoms with E-state index in [2.05, 4.69) is 28.8 Å². The Morgan fingerprint density at radius 3 is 2.48 bits per heavy atom. The maximum Gasteiger partial charge on any atom is 0.240 e. The molecule has 0 spiro atoms. The molecule has 0 bridgehead atoms. The van der Waals surface area contributed by atoms with E-state index < -0.39 is 10.0 Å². The van der Waals surface area contributed by atoms with E-state index in [1.165, 1.54) is 12.1 Å². The van der Waals surface area contributed by atoms with Gasteiger partial charge in [-0.2, -0.15) is 0 Å². The van der Waals surface area contributed by atoms with E-state index in [4.69, 9.17) is 9.47 Å². The molecule has 1 amide bonds. The molecule has 0 radical (unpaired) electrons. The third-order valence-corrected chi connectivity index (χ3v) is 6.30. The van der Waals surface area contributed by atoms with Gasteiger partial charge in [-0.3, -0.25) is 4.79 Å². The molecule has 0 aromatic heterocycles. The molecule has 0 saturated heterocycles. The fourth-order valence-corrected chi connectivity index (χ4v) is 4.14. The van der Waals surface area contributed by atoms with Gasteiger partial charge in [0.2, 0.25) is 15.9 Å². The van der Waals surface area contributed by atoms with E-state index in [-0.39, 0.29) is 10.8 Å². The molecule has 9 heteroatoms. The van der Waals surface area contributed by atoms with E-state index in [9.17, 15) is 13.2 Å². The average molecular weight is 428 g/mol. The van der Waals surface area contributed by atoms with Gasteiger partial charge < -0.3 is 19.7 Å². The maximum atomic E-state index is 12.4. The number of carbonyl (C=O) groups excluding carboxylic acids is 1. The molecule has 1 aromatic carbocycles. The standard InChI is InChI=1S/C20H33N3O5S/c1-3-23(4-2)13-12-21-20(24)8-6-5-7-11-22-29(25,26)17-9-10-18-19(16-17)28-15-14-27-18/h9-10,16,22H,3-8,11-15H2,1-2H3,(H,21,24). The van der Waals surface area contributed by atoms with Gasteiger partial charge in [0.05, 0.1) is 4.90 Å². The summed E-state index contributed by atoms with van der Waals surface area (Å²) >= 11 is 0. The lowest BCUT2D eigenvalue weighted by atomic mass is 10.2. The van der Waals surface area contributed by atoms with Crippen LogP contribution in [-0.4, -0.2) is 65.2 Å². The molecule has 164 valence electrons. The maximum absolute atomic E-state index is 12.4. The highest BCUT2D eigenvalue weighted by Gasteiger charge is 2.18. The predicted molar refractivity (Wildman–Crippen MR) is 112 cm³/mol. The number of likely N-dealkylation sites (N-methyl/N-ethyl adjacent to an activating group) is 1. The first kappa shape index (κ1) is 23.4. The van der Waals surface area contributed by atoms with Gasteiger partial charge in [0.25, 0.3) is 0 Å². The van der Waals surface area contributed by atoms with Crippen molar-refractivity contribution in [2.45, 2.75) is 44.4 Å². The monoisotopic (exact) mass is 427 g/mol. The second kappa shape index (κ2) is 12.0. The third-order valence-electron chi connectivity index (χ3n) is 4.84. The molecule has 0 unspecified atom stereocenters. The van der Waals surface area contributed by atoms with E-state index in [0.29, 0.717) is 50.6 Å². The lowest BCUT2D eigenvalue weighted by Crippen LogP contribution is -2.34. The Balaban J connectivity index is 1.61. The van der Waals surface area contributed by atoms with Gasteiger partial charge in [-0.25, -0.2) is 13.1 Å². The summed E-state index contributed by atoms with van der Waals surface area (Å²) < 4.78 is 38.3. The minimum atomic E-state index is -3.59. The van der Waals surface area contributed by atoms with Crippen molar-refractivity contribution in [3.8, 4) is 11.5 Å². The molecule has 0 atom stereocenters. The fraction of sp³-hybridized carbons (Fsp3) is 0.650. The van der Waals surface area contributed by atoms with Crippen molar-refractivity contribution in [1.82, 2.24) is 14.9 Å². The Morgan fingerprint density at radius 2 is 1.76 bits per heavy atom. The molecule has 1 heterocycles. The second-order valence-electron chi connectivity index (χ2n) is 6.89. The third kappa shape index (κ3) is 7.83. The number of hydrogen-bond donors (Lipinski definition) is 2. The number of nitrogens with zero attached hydrogens (tertiary/aromatic N) is 1. The van der Waals surface area contributed by atoms with Crippen LogP contribution in [-0.2, 0) is 14.8 Å². The number of benzene rings is 1. The Labute approximate surface area is 174 Å². The van der Waals surface area contributed by atoms with Crippen LogP contribution in [0.25, 0.3) is 0 Å². The predicted octanol–water partition coefficient (Wildman–Crippen LogP) is 1.75. The van der Waals surface area contributed by atoms with Crippen LogP contribution >= 0.6 is 0 Å². The first-order chi connectivity index (χ1) is 14.0. The van der Waals surface area contributed by atoms with E-state index >= 15 is 0 Å². The van der Waals surface area contributed by atoms with Gasteiger partial charge in [0.1, 0.15) is 13.2 Å². The van der Waals surface area contributed by atoms with Crippen LogP contribution in [0.4, 0.5) is 0 Å². The van der Waals surface area contributed by atoms with Gasteiger partial charge >= 0.3 is 0 Å². The molecule has 1 aromatic rings. The zero-order valence-electron chi connectivity index (χ0n) is 17.4. The molecule has 1 aliphatic rings. The molecular weight excluding hydrogens is 394 g/mol. The Morgan fingerprint density at radius 1 is 1.03 bits per heavy atom. The SMILES string of the molecule is CCN(CC)CCNC(=O)CCCCCNS(=O)(=O)c1ccc2c(c1)OCCO2. The van der Waals surface area contributed by atoms with Gasteiger partial charge in [-0.15, -0.1) is 0 Å². The van der Waals surface area contributed by atoms with Crippen LogP contribution in [0.3, 0.4) is 0 Å². The van der Waals surface area contributed by atoms with E-state index in [1.807, 2.05) is 0 Å². The highest BCUT2D eigenvalue weighted by molar-refractivity contribution is 7.89. The number of sulfonamides is 1. The topological polar surface area (TPSA) is 97.0 Å². The molecule has 2 N–H and O–H groups in total. The van der Waals surface area contributed by atoms with Crippen LogP contribution in [0.15, 0.2) is 23.1 Å². The van der Waals surface area contributed by atoms with Gasteiger partial charge in [-0.1, -0.05) is 20.3 Å². The summed E-state index contributed by atoms with van der Waals surface area (Å²) in [6.45, 7) is 8.90. The number of hydrogen-bond acceptors (Lipinski definition) is 6. The van der Waals surface area contributed by atoms with Crippen molar-refractivity contribution in [3.63, 3.8) is 0 Å². The highest BCUT2D eigenvalue weighted by Crippen LogP contribution is 2.32.